The first-order valence-electron chi connectivity index (χ1n) is 4.86. The van der Waals surface area contributed by atoms with Crippen LogP contribution in [0.4, 0.5) is 0 Å². The van der Waals surface area contributed by atoms with Crippen LogP contribution in [0.3, 0.4) is 0 Å². The fourth-order valence-electron chi connectivity index (χ4n) is 1.43. The number of thiophene rings is 1. The van der Waals surface area contributed by atoms with Crippen molar-refractivity contribution in [3.05, 3.63) is 47.9 Å². The second kappa shape index (κ2) is 4.44. The predicted molar refractivity (Wildman–Crippen MR) is 71.2 cm³/mol. The molecule has 0 saturated carbocycles. The van der Waals surface area contributed by atoms with Gasteiger partial charge < -0.3 is 0 Å². The molecule has 0 aliphatic rings. The summed E-state index contributed by atoms with van der Waals surface area (Å²) in [6.07, 6.45) is 1.78. The second-order valence-corrected chi connectivity index (χ2v) is 6.15. The van der Waals surface area contributed by atoms with Crippen LogP contribution < -0.4 is 5.14 Å². The van der Waals surface area contributed by atoms with Crippen LogP contribution >= 0.6 is 11.3 Å². The van der Waals surface area contributed by atoms with Crippen LogP contribution in [-0.2, 0) is 10.0 Å². The molecular formula is C12H11NO2S2. The topological polar surface area (TPSA) is 60.2 Å². The summed E-state index contributed by atoms with van der Waals surface area (Å²) in [5, 5.41) is 5.03. The highest BCUT2D eigenvalue weighted by molar-refractivity contribution is 7.89. The van der Waals surface area contributed by atoms with Crippen molar-refractivity contribution in [1.82, 2.24) is 0 Å². The summed E-state index contributed by atoms with van der Waals surface area (Å²) < 4.78 is 22.2. The molecule has 0 amide bonds. The lowest BCUT2D eigenvalue weighted by Crippen LogP contribution is -2.11. The highest BCUT2D eigenvalue weighted by Crippen LogP contribution is 2.29. The molecule has 2 N–H and O–H groups in total. The Morgan fingerprint density at radius 2 is 1.76 bits per heavy atom. The average molecular weight is 265 g/mol. The largest absolute Gasteiger partial charge is 0.238 e. The van der Waals surface area contributed by atoms with E-state index in [1.807, 2.05) is 12.1 Å². The lowest BCUT2D eigenvalue weighted by Gasteiger charge is -2.00. The number of nitrogens with two attached hydrogens (primary N) is 1. The minimum Gasteiger partial charge on any atom is -0.225 e. The average Bonchev–Trinajstić information content (AvgIpc) is 2.76. The molecule has 17 heavy (non-hydrogen) atoms. The van der Waals surface area contributed by atoms with Crippen LogP contribution in [0.15, 0.2) is 47.9 Å². The van der Waals surface area contributed by atoms with Gasteiger partial charge in [0, 0.05) is 9.75 Å². The van der Waals surface area contributed by atoms with E-state index in [0.29, 0.717) is 0 Å². The van der Waals surface area contributed by atoms with E-state index >= 15 is 0 Å². The van der Waals surface area contributed by atoms with Crippen molar-refractivity contribution in [2.75, 3.05) is 0 Å². The summed E-state index contributed by atoms with van der Waals surface area (Å²) in [6.45, 7) is 3.70. The Labute approximate surface area is 104 Å². The molecular weight excluding hydrogens is 254 g/mol. The molecule has 1 aromatic heterocycles. The van der Waals surface area contributed by atoms with E-state index in [4.69, 9.17) is 5.14 Å². The molecule has 1 heterocycles. The summed E-state index contributed by atoms with van der Waals surface area (Å²) in [6, 6.07) is 10.5. The van der Waals surface area contributed by atoms with Gasteiger partial charge in [0.15, 0.2) is 0 Å². The van der Waals surface area contributed by atoms with Gasteiger partial charge in [-0.2, -0.15) is 0 Å². The maximum Gasteiger partial charge on any atom is 0.238 e. The molecule has 2 rings (SSSR count). The van der Waals surface area contributed by atoms with Crippen LogP contribution in [0, 0.1) is 0 Å². The fourth-order valence-corrected chi connectivity index (χ4v) is 2.81. The Bertz CT molecular complexity index is 639. The molecule has 3 nitrogen and oxygen atoms in total. The zero-order valence-corrected chi connectivity index (χ0v) is 10.6. The summed E-state index contributed by atoms with van der Waals surface area (Å²) in [4.78, 5) is 2.28. The normalized spacial score (nSPS) is 11.4. The Morgan fingerprint density at radius 1 is 1.12 bits per heavy atom. The van der Waals surface area contributed by atoms with Gasteiger partial charge in [0.25, 0.3) is 0 Å². The quantitative estimate of drug-likeness (QED) is 0.927. The monoisotopic (exact) mass is 265 g/mol. The van der Waals surface area contributed by atoms with E-state index in [9.17, 15) is 8.42 Å². The van der Waals surface area contributed by atoms with Gasteiger partial charge in [0.2, 0.25) is 10.0 Å². The van der Waals surface area contributed by atoms with Crippen molar-refractivity contribution in [2.45, 2.75) is 4.90 Å². The van der Waals surface area contributed by atoms with Crippen LogP contribution in [0.2, 0.25) is 0 Å². The van der Waals surface area contributed by atoms with E-state index in [2.05, 4.69) is 6.58 Å². The van der Waals surface area contributed by atoms with Crippen LogP contribution in [0.1, 0.15) is 4.88 Å². The molecule has 88 valence electrons. The zero-order chi connectivity index (χ0) is 12.5. The smallest absolute Gasteiger partial charge is 0.225 e. The van der Waals surface area contributed by atoms with Gasteiger partial charge in [-0.25, -0.2) is 13.6 Å². The maximum atomic E-state index is 11.1. The molecule has 0 bridgehead atoms. The van der Waals surface area contributed by atoms with Gasteiger partial charge in [-0.3, -0.25) is 0 Å². The lowest BCUT2D eigenvalue weighted by molar-refractivity contribution is 0.598. The third-order valence-corrected chi connectivity index (χ3v) is 4.35. The molecule has 0 radical (unpaired) electrons. The standard InChI is InChI=1S/C12H11NO2S2/c1-2-10-5-8-12(16-10)9-3-6-11(7-4-9)17(13,14)15/h2-8H,1H2,(H2,13,14,15). The van der Waals surface area contributed by atoms with Crippen molar-refractivity contribution < 1.29 is 8.42 Å². The van der Waals surface area contributed by atoms with Crippen molar-refractivity contribution in [2.24, 2.45) is 5.14 Å². The summed E-state index contributed by atoms with van der Waals surface area (Å²) in [5.74, 6) is 0. The molecule has 0 saturated heterocycles. The first-order valence-corrected chi connectivity index (χ1v) is 7.22. The van der Waals surface area contributed by atoms with Crippen LogP contribution in [0.25, 0.3) is 16.5 Å². The highest BCUT2D eigenvalue weighted by Gasteiger charge is 2.08. The molecule has 0 unspecified atom stereocenters. The summed E-state index contributed by atoms with van der Waals surface area (Å²) >= 11 is 1.60. The molecule has 2 aromatic rings. The fraction of sp³-hybridized carbons (Fsp3) is 0. The van der Waals surface area contributed by atoms with E-state index in [-0.39, 0.29) is 4.90 Å². The SMILES string of the molecule is C=Cc1ccc(-c2ccc(S(N)(=O)=O)cc2)s1. The first-order chi connectivity index (χ1) is 8.00. The predicted octanol–water partition coefficient (Wildman–Crippen LogP) is 2.71. The second-order valence-electron chi connectivity index (χ2n) is 3.48. The summed E-state index contributed by atoms with van der Waals surface area (Å²) in [5.41, 5.74) is 0.968. The molecule has 0 atom stereocenters. The van der Waals surface area contributed by atoms with E-state index < -0.39 is 10.0 Å². The van der Waals surface area contributed by atoms with Gasteiger partial charge in [0.05, 0.1) is 4.90 Å². The first kappa shape index (κ1) is 12.0. The Morgan fingerprint density at radius 3 is 2.24 bits per heavy atom. The number of benzene rings is 1. The van der Waals surface area contributed by atoms with Crippen LogP contribution in [-0.4, -0.2) is 8.42 Å². The number of hydrogen-bond acceptors (Lipinski definition) is 3. The Balaban J connectivity index is 2.38. The third-order valence-electron chi connectivity index (χ3n) is 2.30. The number of sulfonamides is 1. The van der Waals surface area contributed by atoms with Crippen molar-refractivity contribution in [1.29, 1.82) is 0 Å². The molecule has 1 aromatic carbocycles. The molecule has 0 aliphatic heterocycles. The maximum absolute atomic E-state index is 11.1. The highest BCUT2D eigenvalue weighted by atomic mass is 32.2. The molecule has 0 aliphatic carbocycles. The van der Waals surface area contributed by atoms with Gasteiger partial charge in [-0.1, -0.05) is 24.8 Å². The van der Waals surface area contributed by atoms with Crippen molar-refractivity contribution >= 4 is 27.4 Å². The molecule has 0 spiro atoms. The van der Waals surface area contributed by atoms with E-state index in [0.717, 1.165) is 15.3 Å². The number of rotatable bonds is 3. The van der Waals surface area contributed by atoms with Crippen LogP contribution in [0.5, 0.6) is 0 Å². The minimum absolute atomic E-state index is 0.127. The van der Waals surface area contributed by atoms with E-state index in [1.54, 1.807) is 29.5 Å². The van der Waals surface area contributed by atoms with Gasteiger partial charge in [-0.05, 0) is 29.8 Å². The van der Waals surface area contributed by atoms with Gasteiger partial charge in [0.1, 0.15) is 0 Å². The number of primary sulfonamides is 1. The lowest BCUT2D eigenvalue weighted by atomic mass is 10.2. The minimum atomic E-state index is -3.61. The van der Waals surface area contributed by atoms with Crippen molar-refractivity contribution in [3.8, 4) is 10.4 Å². The Kier molecular flexibility index (Phi) is 3.15. The summed E-state index contributed by atoms with van der Waals surface area (Å²) in [7, 11) is -3.61. The van der Waals surface area contributed by atoms with Crippen molar-refractivity contribution in [3.63, 3.8) is 0 Å². The van der Waals surface area contributed by atoms with Gasteiger partial charge in [-0.15, -0.1) is 11.3 Å². The molecule has 0 fully saturated rings. The van der Waals surface area contributed by atoms with E-state index in [1.165, 1.54) is 12.1 Å². The zero-order valence-electron chi connectivity index (χ0n) is 8.96. The molecule has 5 heteroatoms. The third kappa shape index (κ3) is 2.63. The van der Waals surface area contributed by atoms with Gasteiger partial charge >= 0.3 is 0 Å². The number of hydrogen-bond donors (Lipinski definition) is 1. The Hall–Kier alpha value is -1.43.